The van der Waals surface area contributed by atoms with Gasteiger partial charge in [0.2, 0.25) is 0 Å². The minimum Gasteiger partial charge on any atom is -0.506 e. The molecule has 0 aliphatic heterocycles. The van der Waals surface area contributed by atoms with E-state index in [4.69, 9.17) is 5.73 Å². The predicted molar refractivity (Wildman–Crippen MR) is 60.4 cm³/mol. The van der Waals surface area contributed by atoms with Gasteiger partial charge < -0.3 is 10.8 Å². The van der Waals surface area contributed by atoms with E-state index in [0.717, 1.165) is 22.9 Å². The van der Waals surface area contributed by atoms with Gasteiger partial charge in [0, 0.05) is 11.6 Å². The summed E-state index contributed by atoms with van der Waals surface area (Å²) in [4.78, 5) is 0. The van der Waals surface area contributed by atoms with Crippen LogP contribution >= 0.6 is 15.9 Å². The Kier molecular flexibility index (Phi) is 2.54. The molecule has 14 heavy (non-hydrogen) atoms. The molecule has 0 spiro atoms. The third kappa shape index (κ3) is 1.44. The highest BCUT2D eigenvalue weighted by atomic mass is 79.9. The van der Waals surface area contributed by atoms with Gasteiger partial charge in [-0.2, -0.15) is 0 Å². The van der Waals surface area contributed by atoms with Crippen molar-refractivity contribution < 1.29 is 5.11 Å². The van der Waals surface area contributed by atoms with Gasteiger partial charge >= 0.3 is 0 Å². The highest BCUT2D eigenvalue weighted by Gasteiger charge is 2.22. The predicted octanol–water partition coefficient (Wildman–Crippen LogP) is 2.66. The molecular weight excluding hydrogens is 242 g/mol. The van der Waals surface area contributed by atoms with Crippen LogP contribution in [0.1, 0.15) is 36.1 Å². The quantitative estimate of drug-likeness (QED) is 0.811. The molecule has 0 saturated carbocycles. The number of fused-ring (bicyclic) bond motifs is 1. The number of hydrogen-bond donors (Lipinski definition) is 2. The van der Waals surface area contributed by atoms with Crippen molar-refractivity contribution in [3.63, 3.8) is 0 Å². The summed E-state index contributed by atoms with van der Waals surface area (Å²) >= 11 is 3.36. The number of phenolic OH excluding ortho intramolecular Hbond substituents is 1. The van der Waals surface area contributed by atoms with Gasteiger partial charge in [-0.25, -0.2) is 0 Å². The largest absolute Gasteiger partial charge is 0.506 e. The molecule has 76 valence electrons. The Morgan fingerprint density at radius 3 is 2.86 bits per heavy atom. The maximum absolute atomic E-state index is 9.91. The summed E-state index contributed by atoms with van der Waals surface area (Å²) in [5, 5.41) is 9.91. The monoisotopic (exact) mass is 255 g/mol. The average Bonchev–Trinajstić information content (AvgIpc) is 2.52. The van der Waals surface area contributed by atoms with Crippen LogP contribution in [0.25, 0.3) is 0 Å². The molecule has 0 fully saturated rings. The number of phenols is 1. The molecule has 2 rings (SSSR count). The molecule has 0 radical (unpaired) electrons. The second-order valence-electron chi connectivity index (χ2n) is 3.90. The smallest absolute Gasteiger partial charge is 0.134 e. The van der Waals surface area contributed by atoms with Gasteiger partial charge in [-0.1, -0.05) is 0 Å². The molecule has 0 aromatic heterocycles. The first-order chi connectivity index (χ1) is 6.61. The molecule has 1 atom stereocenters. The summed E-state index contributed by atoms with van der Waals surface area (Å²) in [5.41, 5.74) is 9.40. The number of aryl methyl sites for hydroxylation is 1. The summed E-state index contributed by atoms with van der Waals surface area (Å²) in [5.74, 6) is 0.320. The van der Waals surface area contributed by atoms with E-state index in [1.165, 1.54) is 17.5 Å². The fourth-order valence-electron chi connectivity index (χ4n) is 2.22. The van der Waals surface area contributed by atoms with Gasteiger partial charge in [0.1, 0.15) is 5.75 Å². The van der Waals surface area contributed by atoms with Crippen molar-refractivity contribution in [2.75, 3.05) is 0 Å². The van der Waals surface area contributed by atoms with Crippen molar-refractivity contribution in [1.82, 2.24) is 0 Å². The van der Waals surface area contributed by atoms with Gasteiger partial charge in [-0.15, -0.1) is 0 Å². The Morgan fingerprint density at radius 2 is 2.21 bits per heavy atom. The molecule has 0 heterocycles. The van der Waals surface area contributed by atoms with Crippen molar-refractivity contribution in [1.29, 1.82) is 0 Å². The van der Waals surface area contributed by atoms with Crippen LogP contribution in [0.2, 0.25) is 0 Å². The van der Waals surface area contributed by atoms with Crippen LogP contribution in [-0.2, 0) is 12.8 Å². The number of aromatic hydroxyl groups is 1. The van der Waals surface area contributed by atoms with Crippen molar-refractivity contribution in [2.24, 2.45) is 5.73 Å². The molecule has 1 aromatic rings. The summed E-state index contributed by atoms with van der Waals surface area (Å²) in [7, 11) is 0. The fourth-order valence-corrected chi connectivity index (χ4v) is 2.71. The summed E-state index contributed by atoms with van der Waals surface area (Å²) in [6, 6.07) is 1.92. The minimum atomic E-state index is -0.0978. The topological polar surface area (TPSA) is 46.2 Å². The van der Waals surface area contributed by atoms with E-state index in [9.17, 15) is 5.11 Å². The van der Waals surface area contributed by atoms with Crippen LogP contribution < -0.4 is 5.73 Å². The lowest BCUT2D eigenvalue weighted by molar-refractivity contribution is 0.459. The van der Waals surface area contributed by atoms with E-state index in [1.54, 1.807) is 0 Å². The minimum absolute atomic E-state index is 0.0978. The molecule has 0 saturated heterocycles. The first-order valence-corrected chi connectivity index (χ1v) is 5.69. The summed E-state index contributed by atoms with van der Waals surface area (Å²) in [6.07, 6.45) is 3.33. The Bertz CT molecular complexity index is 374. The van der Waals surface area contributed by atoms with Crippen molar-refractivity contribution >= 4 is 15.9 Å². The summed E-state index contributed by atoms with van der Waals surface area (Å²) < 4.78 is 0.769. The molecule has 0 bridgehead atoms. The summed E-state index contributed by atoms with van der Waals surface area (Å²) in [6.45, 7) is 1.92. The zero-order valence-corrected chi connectivity index (χ0v) is 9.76. The maximum atomic E-state index is 9.91. The third-order valence-corrected chi connectivity index (χ3v) is 3.43. The molecule has 1 aromatic carbocycles. The van der Waals surface area contributed by atoms with Crippen molar-refractivity contribution in [2.45, 2.75) is 32.2 Å². The zero-order valence-electron chi connectivity index (χ0n) is 8.18. The highest BCUT2D eigenvalue weighted by Crippen LogP contribution is 2.39. The molecule has 2 nitrogen and oxygen atoms in total. The van der Waals surface area contributed by atoms with E-state index in [1.807, 2.05) is 13.0 Å². The molecule has 0 amide bonds. The lowest BCUT2D eigenvalue weighted by Crippen LogP contribution is -2.09. The lowest BCUT2D eigenvalue weighted by atomic mass is 9.97. The van der Waals surface area contributed by atoms with Crippen LogP contribution in [-0.4, -0.2) is 5.11 Å². The van der Waals surface area contributed by atoms with Crippen molar-refractivity contribution in [3.05, 3.63) is 27.2 Å². The van der Waals surface area contributed by atoms with Crippen LogP contribution in [0.5, 0.6) is 5.75 Å². The Labute approximate surface area is 92.3 Å². The van der Waals surface area contributed by atoms with Gasteiger partial charge in [0.25, 0.3) is 0 Å². The third-order valence-electron chi connectivity index (χ3n) is 2.82. The van der Waals surface area contributed by atoms with Crippen LogP contribution in [0.15, 0.2) is 10.5 Å². The highest BCUT2D eigenvalue weighted by molar-refractivity contribution is 9.10. The van der Waals surface area contributed by atoms with Crippen LogP contribution in [0, 0.1) is 0 Å². The standard InChI is InChI=1S/C11H14BrNO/c1-6(13)10-8-4-2-3-7(8)5-9(12)11(10)14/h5-6,14H,2-4,13H2,1H3/t6-/m1/s1. The Balaban J connectivity index is 2.66. The molecular formula is C11H14BrNO. The number of hydrogen-bond acceptors (Lipinski definition) is 2. The SMILES string of the molecule is C[C@@H](N)c1c(O)c(Br)cc2c1CCC2. The van der Waals surface area contributed by atoms with E-state index in [-0.39, 0.29) is 6.04 Å². The number of rotatable bonds is 1. The molecule has 1 aliphatic carbocycles. The van der Waals surface area contributed by atoms with Crippen LogP contribution in [0.3, 0.4) is 0 Å². The Morgan fingerprint density at radius 1 is 1.50 bits per heavy atom. The van der Waals surface area contributed by atoms with Gasteiger partial charge in [0.05, 0.1) is 4.47 Å². The fraction of sp³-hybridized carbons (Fsp3) is 0.455. The average molecular weight is 256 g/mol. The second-order valence-corrected chi connectivity index (χ2v) is 4.75. The maximum Gasteiger partial charge on any atom is 0.134 e. The van der Waals surface area contributed by atoms with Crippen LogP contribution in [0.4, 0.5) is 0 Å². The molecule has 0 unspecified atom stereocenters. The lowest BCUT2D eigenvalue weighted by Gasteiger charge is -2.15. The van der Waals surface area contributed by atoms with E-state index in [0.29, 0.717) is 5.75 Å². The van der Waals surface area contributed by atoms with E-state index in [2.05, 4.69) is 15.9 Å². The van der Waals surface area contributed by atoms with Gasteiger partial charge in [-0.3, -0.25) is 0 Å². The number of halogens is 1. The second kappa shape index (κ2) is 3.55. The van der Waals surface area contributed by atoms with E-state index < -0.39 is 0 Å². The molecule has 3 heteroatoms. The van der Waals surface area contributed by atoms with E-state index >= 15 is 0 Å². The molecule has 3 N–H and O–H groups in total. The van der Waals surface area contributed by atoms with Gasteiger partial charge in [-0.05, 0) is 59.3 Å². The first kappa shape index (κ1) is 9.99. The zero-order chi connectivity index (χ0) is 10.3. The normalized spacial score (nSPS) is 16.8. The Hall–Kier alpha value is -0.540. The van der Waals surface area contributed by atoms with Gasteiger partial charge in [0.15, 0.2) is 0 Å². The number of nitrogens with two attached hydrogens (primary N) is 1. The number of benzene rings is 1. The first-order valence-electron chi connectivity index (χ1n) is 4.90. The van der Waals surface area contributed by atoms with Crippen molar-refractivity contribution in [3.8, 4) is 5.75 Å². The molecule has 1 aliphatic rings.